The second-order valence-corrected chi connectivity index (χ2v) is 5.54. The summed E-state index contributed by atoms with van der Waals surface area (Å²) in [4.78, 5) is 16.7. The predicted octanol–water partition coefficient (Wildman–Crippen LogP) is 1.94. The number of hydrogen-bond acceptors (Lipinski definition) is 5. The Bertz CT molecular complexity index is 898. The molecule has 0 saturated carbocycles. The van der Waals surface area contributed by atoms with Crippen LogP contribution in [0.2, 0.25) is 0 Å². The van der Waals surface area contributed by atoms with E-state index in [-0.39, 0.29) is 11.9 Å². The van der Waals surface area contributed by atoms with Crippen molar-refractivity contribution >= 4 is 11.9 Å². The molecule has 3 aromatic rings. The van der Waals surface area contributed by atoms with Crippen LogP contribution in [0.4, 0.5) is 5.95 Å². The average Bonchev–Trinajstić information content (AvgIpc) is 3.31. The fourth-order valence-electron chi connectivity index (χ4n) is 2.95. The number of carbonyl (C=O) groups excluding carboxylic acids is 1. The van der Waals surface area contributed by atoms with Crippen LogP contribution in [-0.2, 0) is 12.8 Å². The third-order valence-electron chi connectivity index (χ3n) is 4.09. The van der Waals surface area contributed by atoms with E-state index in [1.807, 2.05) is 24.3 Å². The third kappa shape index (κ3) is 2.41. The van der Waals surface area contributed by atoms with Gasteiger partial charge in [-0.1, -0.05) is 12.1 Å². The topological polar surface area (TPSA) is 109 Å². The van der Waals surface area contributed by atoms with Crippen molar-refractivity contribution in [3.05, 3.63) is 41.2 Å². The van der Waals surface area contributed by atoms with Crippen molar-refractivity contribution < 1.29 is 9.53 Å². The lowest BCUT2D eigenvalue weighted by Gasteiger charge is -2.04. The van der Waals surface area contributed by atoms with Crippen molar-refractivity contribution in [2.75, 3.05) is 12.4 Å². The second-order valence-electron chi connectivity index (χ2n) is 5.54. The first-order chi connectivity index (χ1) is 11.8. The Morgan fingerprint density at radius 2 is 2.08 bits per heavy atom. The van der Waals surface area contributed by atoms with Gasteiger partial charge in [-0.2, -0.15) is 10.1 Å². The van der Waals surface area contributed by atoms with Crippen molar-refractivity contribution in [1.82, 2.24) is 25.4 Å². The minimum Gasteiger partial charge on any atom is -0.496 e. The predicted molar refractivity (Wildman–Crippen MR) is 86.9 cm³/mol. The SMILES string of the molecule is COc1ccccc1-c1nc(NC(=O)c2n[nH]c3c2CCC3)n[nH]1. The molecule has 0 unspecified atom stereocenters. The summed E-state index contributed by atoms with van der Waals surface area (Å²) in [7, 11) is 1.59. The number of benzene rings is 1. The summed E-state index contributed by atoms with van der Waals surface area (Å²) in [5.74, 6) is 1.10. The van der Waals surface area contributed by atoms with Crippen LogP contribution in [0.3, 0.4) is 0 Å². The highest BCUT2D eigenvalue weighted by molar-refractivity contribution is 6.03. The summed E-state index contributed by atoms with van der Waals surface area (Å²) < 4.78 is 5.31. The normalized spacial score (nSPS) is 12.9. The summed E-state index contributed by atoms with van der Waals surface area (Å²) in [5.41, 5.74) is 3.23. The van der Waals surface area contributed by atoms with Crippen molar-refractivity contribution in [1.29, 1.82) is 0 Å². The van der Waals surface area contributed by atoms with Gasteiger partial charge in [0.2, 0.25) is 5.95 Å². The third-order valence-corrected chi connectivity index (χ3v) is 4.09. The van der Waals surface area contributed by atoms with Crippen LogP contribution < -0.4 is 10.1 Å². The number of fused-ring (bicyclic) bond motifs is 1. The number of carbonyl (C=O) groups is 1. The maximum Gasteiger partial charge on any atom is 0.278 e. The van der Waals surface area contributed by atoms with Crippen molar-refractivity contribution in [2.24, 2.45) is 0 Å². The average molecular weight is 324 g/mol. The van der Waals surface area contributed by atoms with E-state index in [4.69, 9.17) is 4.74 Å². The minimum absolute atomic E-state index is 0.204. The molecule has 0 aliphatic heterocycles. The van der Waals surface area contributed by atoms with Gasteiger partial charge in [0.25, 0.3) is 5.91 Å². The zero-order valence-corrected chi connectivity index (χ0v) is 13.1. The summed E-state index contributed by atoms with van der Waals surface area (Å²) >= 11 is 0. The number of nitrogens with one attached hydrogen (secondary N) is 3. The van der Waals surface area contributed by atoms with Crippen LogP contribution in [0, 0.1) is 0 Å². The van der Waals surface area contributed by atoms with Crippen molar-refractivity contribution in [3.63, 3.8) is 0 Å². The monoisotopic (exact) mass is 324 g/mol. The fourth-order valence-corrected chi connectivity index (χ4v) is 2.95. The lowest BCUT2D eigenvalue weighted by atomic mass is 10.2. The highest BCUT2D eigenvalue weighted by Gasteiger charge is 2.24. The van der Waals surface area contributed by atoms with Gasteiger partial charge in [0.15, 0.2) is 11.5 Å². The molecule has 2 aromatic heterocycles. The number of nitrogens with zero attached hydrogens (tertiary/aromatic N) is 3. The molecule has 1 aliphatic carbocycles. The first-order valence-corrected chi connectivity index (χ1v) is 7.69. The zero-order chi connectivity index (χ0) is 16.5. The Morgan fingerprint density at radius 1 is 1.21 bits per heavy atom. The maximum absolute atomic E-state index is 12.4. The van der Waals surface area contributed by atoms with E-state index in [1.54, 1.807) is 7.11 Å². The number of aromatic nitrogens is 5. The van der Waals surface area contributed by atoms with E-state index in [2.05, 4.69) is 30.7 Å². The molecule has 0 radical (unpaired) electrons. The maximum atomic E-state index is 12.4. The highest BCUT2D eigenvalue weighted by Crippen LogP contribution is 2.27. The molecule has 3 N–H and O–H groups in total. The van der Waals surface area contributed by atoms with Gasteiger partial charge in [-0.3, -0.25) is 20.3 Å². The van der Waals surface area contributed by atoms with Gasteiger partial charge in [-0.15, -0.1) is 5.10 Å². The number of methoxy groups -OCH3 is 1. The Hall–Kier alpha value is -3.16. The Labute approximate surface area is 137 Å². The molecule has 1 amide bonds. The van der Waals surface area contributed by atoms with Gasteiger partial charge < -0.3 is 4.74 Å². The van der Waals surface area contributed by atoms with Gasteiger partial charge in [-0.25, -0.2) is 0 Å². The van der Waals surface area contributed by atoms with E-state index in [1.165, 1.54) is 0 Å². The van der Waals surface area contributed by atoms with Crippen LogP contribution in [0.5, 0.6) is 5.75 Å². The molecule has 8 heteroatoms. The Kier molecular flexibility index (Phi) is 3.49. The number of amides is 1. The summed E-state index contributed by atoms with van der Waals surface area (Å²) in [6, 6.07) is 7.46. The summed E-state index contributed by atoms with van der Waals surface area (Å²) in [6.07, 6.45) is 2.85. The molecule has 8 nitrogen and oxygen atoms in total. The van der Waals surface area contributed by atoms with E-state index >= 15 is 0 Å². The first kappa shape index (κ1) is 14.4. The molecule has 1 aliphatic rings. The van der Waals surface area contributed by atoms with Gasteiger partial charge in [-0.05, 0) is 31.4 Å². The largest absolute Gasteiger partial charge is 0.496 e. The van der Waals surface area contributed by atoms with Crippen LogP contribution in [-0.4, -0.2) is 38.4 Å². The summed E-state index contributed by atoms with van der Waals surface area (Å²) in [5, 5.41) is 16.6. The zero-order valence-electron chi connectivity index (χ0n) is 13.1. The molecular weight excluding hydrogens is 308 g/mol. The number of aryl methyl sites for hydroxylation is 1. The number of rotatable bonds is 4. The lowest BCUT2D eigenvalue weighted by Crippen LogP contribution is -2.15. The van der Waals surface area contributed by atoms with E-state index < -0.39 is 0 Å². The quantitative estimate of drug-likeness (QED) is 0.679. The first-order valence-electron chi connectivity index (χ1n) is 7.69. The number of H-pyrrole nitrogens is 2. The van der Waals surface area contributed by atoms with Crippen LogP contribution >= 0.6 is 0 Å². The van der Waals surface area contributed by atoms with Crippen LogP contribution in [0.1, 0.15) is 28.2 Å². The van der Waals surface area contributed by atoms with Gasteiger partial charge in [0.1, 0.15) is 5.75 Å². The molecule has 0 atom stereocenters. The molecule has 0 saturated heterocycles. The number of aromatic amines is 2. The Balaban J connectivity index is 1.56. The van der Waals surface area contributed by atoms with E-state index in [9.17, 15) is 4.79 Å². The van der Waals surface area contributed by atoms with E-state index in [0.717, 1.165) is 36.1 Å². The lowest BCUT2D eigenvalue weighted by molar-refractivity contribution is 0.102. The van der Waals surface area contributed by atoms with Crippen molar-refractivity contribution in [3.8, 4) is 17.1 Å². The standard InChI is InChI=1S/C16H16N6O2/c1-24-12-8-3-2-5-10(12)14-17-16(22-21-14)18-15(23)13-9-6-4-7-11(9)19-20-13/h2-3,5,8H,4,6-7H2,1H3,(H,19,20)(H2,17,18,21,22,23). The highest BCUT2D eigenvalue weighted by atomic mass is 16.5. The number of para-hydroxylation sites is 1. The minimum atomic E-state index is -0.306. The number of anilines is 1. The van der Waals surface area contributed by atoms with Crippen LogP contribution in [0.25, 0.3) is 11.4 Å². The number of ether oxygens (including phenoxy) is 1. The van der Waals surface area contributed by atoms with Gasteiger partial charge in [0.05, 0.1) is 12.7 Å². The molecule has 1 aromatic carbocycles. The second kappa shape index (κ2) is 5.80. The molecule has 2 heterocycles. The summed E-state index contributed by atoms with van der Waals surface area (Å²) in [6.45, 7) is 0. The Morgan fingerprint density at radius 3 is 2.96 bits per heavy atom. The molecule has 24 heavy (non-hydrogen) atoms. The molecule has 0 spiro atoms. The van der Waals surface area contributed by atoms with E-state index in [0.29, 0.717) is 17.3 Å². The molecule has 4 rings (SSSR count). The molecular formula is C16H16N6O2. The van der Waals surface area contributed by atoms with Crippen LogP contribution in [0.15, 0.2) is 24.3 Å². The molecule has 0 fully saturated rings. The molecule has 122 valence electrons. The van der Waals surface area contributed by atoms with Gasteiger partial charge in [0, 0.05) is 11.3 Å². The van der Waals surface area contributed by atoms with Gasteiger partial charge >= 0.3 is 0 Å². The molecule has 0 bridgehead atoms. The number of hydrogen-bond donors (Lipinski definition) is 3. The fraction of sp³-hybridized carbons (Fsp3) is 0.250. The van der Waals surface area contributed by atoms with Crippen molar-refractivity contribution in [2.45, 2.75) is 19.3 Å². The smallest absolute Gasteiger partial charge is 0.278 e.